The average Bonchev–Trinajstić information content (AvgIpc) is 2.11. The number of carbonyl (C=O) groups excluding carboxylic acids is 1. The summed E-state index contributed by atoms with van der Waals surface area (Å²) in [5.74, 6) is -0.663. The van der Waals surface area contributed by atoms with Crippen LogP contribution < -0.4 is 0 Å². The van der Waals surface area contributed by atoms with Crippen molar-refractivity contribution in [1.29, 1.82) is 0 Å². The zero-order valence-corrected chi connectivity index (χ0v) is 8.50. The van der Waals surface area contributed by atoms with E-state index in [1.807, 2.05) is 0 Å². The van der Waals surface area contributed by atoms with E-state index in [1.54, 1.807) is 13.8 Å². The fraction of sp³-hybridized carbons (Fsp3) is 0.889. The van der Waals surface area contributed by atoms with Gasteiger partial charge in [-0.25, -0.2) is 4.79 Å². The zero-order valence-electron chi connectivity index (χ0n) is 8.50. The second kappa shape index (κ2) is 5.94. The van der Waals surface area contributed by atoms with Crippen LogP contribution in [0.4, 0.5) is 0 Å². The smallest absolute Gasteiger partial charge is 0.349 e. The van der Waals surface area contributed by atoms with Crippen molar-refractivity contribution in [2.24, 2.45) is 5.41 Å². The molecular formula is C9H18O4. The van der Waals surface area contributed by atoms with E-state index in [2.05, 4.69) is 11.8 Å². The highest BCUT2D eigenvalue weighted by atomic mass is 17.1. The molecule has 0 amide bonds. The predicted octanol–water partition coefficient (Wildman–Crippen LogP) is 1.85. The van der Waals surface area contributed by atoms with E-state index >= 15 is 0 Å². The fourth-order valence-electron chi connectivity index (χ4n) is 0.756. The molecule has 0 aliphatic rings. The molecular weight excluding hydrogens is 172 g/mol. The maximum absolute atomic E-state index is 10.9. The van der Waals surface area contributed by atoms with Crippen molar-refractivity contribution in [1.82, 2.24) is 0 Å². The molecule has 0 fully saturated rings. The van der Waals surface area contributed by atoms with Gasteiger partial charge < -0.3 is 9.62 Å². The normalized spacial score (nSPS) is 11.4. The van der Waals surface area contributed by atoms with Gasteiger partial charge in [0, 0.05) is 6.61 Å². The van der Waals surface area contributed by atoms with Crippen LogP contribution in [0.15, 0.2) is 0 Å². The Balaban J connectivity index is 3.69. The number of hydrogen-bond donors (Lipinski definition) is 1. The first-order valence-corrected chi connectivity index (χ1v) is 4.48. The van der Waals surface area contributed by atoms with Gasteiger partial charge in [-0.05, 0) is 20.3 Å². The third-order valence-corrected chi connectivity index (χ3v) is 1.74. The van der Waals surface area contributed by atoms with Gasteiger partial charge in [-0.2, -0.15) is 5.26 Å². The maximum Gasteiger partial charge on any atom is 0.349 e. The molecule has 0 aromatic heterocycles. The Labute approximate surface area is 78.8 Å². The Hall–Kier alpha value is -0.610. The molecule has 0 aliphatic carbocycles. The average molecular weight is 190 g/mol. The summed E-state index contributed by atoms with van der Waals surface area (Å²) in [6.07, 6.45) is 2.04. The van der Waals surface area contributed by atoms with Gasteiger partial charge in [0.25, 0.3) is 0 Å². The number of rotatable bonds is 6. The van der Waals surface area contributed by atoms with Crippen LogP contribution in [0.1, 0.15) is 33.6 Å². The maximum atomic E-state index is 10.9. The van der Waals surface area contributed by atoms with Gasteiger partial charge in [-0.1, -0.05) is 13.3 Å². The molecule has 0 saturated heterocycles. The minimum atomic E-state index is -0.775. The van der Waals surface area contributed by atoms with Crippen LogP contribution in [0.3, 0.4) is 0 Å². The molecule has 0 aromatic rings. The molecule has 0 bridgehead atoms. The second-order valence-corrected chi connectivity index (χ2v) is 3.67. The highest BCUT2D eigenvalue weighted by Gasteiger charge is 2.30. The van der Waals surface area contributed by atoms with Crippen LogP contribution in [0, 0.1) is 5.41 Å². The van der Waals surface area contributed by atoms with Crippen molar-refractivity contribution in [3.63, 3.8) is 0 Å². The van der Waals surface area contributed by atoms with Gasteiger partial charge in [0.05, 0.1) is 12.0 Å². The van der Waals surface area contributed by atoms with E-state index in [9.17, 15) is 4.79 Å². The Kier molecular flexibility index (Phi) is 5.66. The quantitative estimate of drug-likeness (QED) is 0.394. The molecule has 4 nitrogen and oxygen atoms in total. The lowest BCUT2D eigenvalue weighted by molar-refractivity contribution is -0.246. The van der Waals surface area contributed by atoms with E-state index in [4.69, 9.17) is 9.99 Å². The van der Waals surface area contributed by atoms with Crippen LogP contribution in [0.2, 0.25) is 0 Å². The van der Waals surface area contributed by atoms with Gasteiger partial charge in [0.15, 0.2) is 0 Å². The molecule has 0 radical (unpaired) electrons. The largest absolute Gasteiger partial charge is 0.380 e. The lowest BCUT2D eigenvalue weighted by Crippen LogP contribution is -2.31. The van der Waals surface area contributed by atoms with Crippen LogP contribution >= 0.6 is 0 Å². The van der Waals surface area contributed by atoms with Crippen LogP contribution in [0.25, 0.3) is 0 Å². The van der Waals surface area contributed by atoms with Gasteiger partial charge in [0.1, 0.15) is 0 Å². The van der Waals surface area contributed by atoms with Crippen LogP contribution in [-0.4, -0.2) is 24.4 Å². The van der Waals surface area contributed by atoms with Gasteiger partial charge in [-0.15, -0.1) is 0 Å². The summed E-state index contributed by atoms with van der Waals surface area (Å²) < 4.78 is 5.25. The molecule has 0 unspecified atom stereocenters. The zero-order chi connectivity index (χ0) is 10.3. The first-order chi connectivity index (χ1) is 6.04. The summed E-state index contributed by atoms with van der Waals surface area (Å²) in [6, 6.07) is 0. The van der Waals surface area contributed by atoms with E-state index in [0.717, 1.165) is 12.8 Å². The predicted molar refractivity (Wildman–Crippen MR) is 48.2 cm³/mol. The second-order valence-electron chi connectivity index (χ2n) is 3.67. The molecule has 0 heterocycles. The van der Waals surface area contributed by atoms with Crippen molar-refractivity contribution >= 4 is 5.97 Å². The minimum Gasteiger partial charge on any atom is -0.380 e. The number of hydrogen-bond acceptors (Lipinski definition) is 4. The van der Waals surface area contributed by atoms with Gasteiger partial charge in [-0.3, -0.25) is 0 Å². The van der Waals surface area contributed by atoms with Crippen molar-refractivity contribution in [3.05, 3.63) is 0 Å². The Morgan fingerprint density at radius 3 is 2.54 bits per heavy atom. The molecule has 0 aliphatic heterocycles. The summed E-state index contributed by atoms with van der Waals surface area (Å²) in [4.78, 5) is 14.6. The third-order valence-electron chi connectivity index (χ3n) is 1.74. The summed E-state index contributed by atoms with van der Waals surface area (Å²) >= 11 is 0. The van der Waals surface area contributed by atoms with E-state index in [1.165, 1.54) is 0 Å². The van der Waals surface area contributed by atoms with Gasteiger partial charge in [0.2, 0.25) is 0 Å². The molecule has 0 rings (SSSR count). The van der Waals surface area contributed by atoms with Crippen molar-refractivity contribution < 1.29 is 19.7 Å². The van der Waals surface area contributed by atoms with Crippen LogP contribution in [0.5, 0.6) is 0 Å². The molecule has 0 spiro atoms. The summed E-state index contributed by atoms with van der Waals surface area (Å²) in [5.41, 5.74) is -0.775. The standard InChI is InChI=1S/C9H18O4/c1-4-5-6-12-7-9(2,3)8(10)13-11/h11H,4-7H2,1-3H3. The topological polar surface area (TPSA) is 55.8 Å². The van der Waals surface area contributed by atoms with E-state index in [-0.39, 0.29) is 6.61 Å². The Morgan fingerprint density at radius 2 is 2.08 bits per heavy atom. The summed E-state index contributed by atoms with van der Waals surface area (Å²) in [6.45, 7) is 6.30. The molecule has 13 heavy (non-hydrogen) atoms. The number of unbranched alkanes of at least 4 members (excludes halogenated alkanes) is 1. The lowest BCUT2D eigenvalue weighted by Gasteiger charge is -2.19. The molecule has 78 valence electrons. The highest BCUT2D eigenvalue weighted by molar-refractivity contribution is 5.75. The highest BCUT2D eigenvalue weighted by Crippen LogP contribution is 2.17. The fourth-order valence-corrected chi connectivity index (χ4v) is 0.756. The Bertz CT molecular complexity index is 154. The van der Waals surface area contributed by atoms with Crippen molar-refractivity contribution in [2.45, 2.75) is 33.6 Å². The molecule has 0 aromatic carbocycles. The SMILES string of the molecule is CCCCOCC(C)(C)C(=O)OO. The van der Waals surface area contributed by atoms with Crippen molar-refractivity contribution in [3.8, 4) is 0 Å². The molecule has 0 saturated carbocycles. The van der Waals surface area contributed by atoms with Crippen molar-refractivity contribution in [2.75, 3.05) is 13.2 Å². The van der Waals surface area contributed by atoms with E-state index < -0.39 is 11.4 Å². The summed E-state index contributed by atoms with van der Waals surface area (Å²) in [7, 11) is 0. The van der Waals surface area contributed by atoms with Crippen LogP contribution in [-0.2, 0) is 14.4 Å². The minimum absolute atomic E-state index is 0.270. The number of carbonyl (C=O) groups is 1. The number of ether oxygens (including phenoxy) is 1. The first kappa shape index (κ1) is 12.4. The molecule has 0 atom stereocenters. The monoisotopic (exact) mass is 190 g/mol. The van der Waals surface area contributed by atoms with Gasteiger partial charge >= 0.3 is 5.97 Å². The third kappa shape index (κ3) is 4.85. The first-order valence-electron chi connectivity index (χ1n) is 4.48. The molecule has 1 N–H and O–H groups in total. The van der Waals surface area contributed by atoms with E-state index in [0.29, 0.717) is 6.61 Å². The molecule has 4 heteroatoms. The summed E-state index contributed by atoms with van der Waals surface area (Å²) in [5, 5.41) is 8.17. The Morgan fingerprint density at radius 1 is 1.46 bits per heavy atom. The lowest BCUT2D eigenvalue weighted by atomic mass is 9.95.